The molecule has 0 fully saturated rings. The predicted molar refractivity (Wildman–Crippen MR) is 82.5 cm³/mol. The van der Waals surface area contributed by atoms with Crippen molar-refractivity contribution in [3.8, 4) is 11.8 Å². The zero-order valence-corrected chi connectivity index (χ0v) is 12.0. The lowest BCUT2D eigenvalue weighted by atomic mass is 10.1. The van der Waals surface area contributed by atoms with Gasteiger partial charge < -0.3 is 0 Å². The Morgan fingerprint density at radius 2 is 1.71 bits per heavy atom. The molecule has 2 rings (SSSR count). The molecule has 0 saturated heterocycles. The summed E-state index contributed by atoms with van der Waals surface area (Å²) in [6, 6.07) is 13.0. The molecule has 0 aliphatic rings. The highest BCUT2D eigenvalue weighted by molar-refractivity contribution is 7.98. The fourth-order valence-electron chi connectivity index (χ4n) is 1.61. The molecule has 0 spiro atoms. The van der Waals surface area contributed by atoms with Crippen molar-refractivity contribution in [1.29, 1.82) is 0 Å². The molecule has 0 aliphatic heterocycles. The number of nitro benzene ring substituents is 1. The summed E-state index contributed by atoms with van der Waals surface area (Å²) in [5.74, 6) is 4.96. The van der Waals surface area contributed by atoms with Crippen molar-refractivity contribution < 1.29 is 9.72 Å². The monoisotopic (exact) mass is 297 g/mol. The third-order valence-electron chi connectivity index (χ3n) is 2.75. The lowest BCUT2D eigenvalue weighted by Crippen LogP contribution is -1.96. The molecule has 0 aliphatic carbocycles. The predicted octanol–water partition coefficient (Wildman–Crippen LogP) is 3.55. The van der Waals surface area contributed by atoms with Gasteiger partial charge in [-0.3, -0.25) is 14.9 Å². The summed E-state index contributed by atoms with van der Waals surface area (Å²) < 4.78 is 0. The van der Waals surface area contributed by atoms with E-state index >= 15 is 0 Å². The van der Waals surface area contributed by atoms with Gasteiger partial charge >= 0.3 is 0 Å². The summed E-state index contributed by atoms with van der Waals surface area (Å²) in [4.78, 5) is 23.0. The van der Waals surface area contributed by atoms with E-state index in [1.165, 1.54) is 24.3 Å². The van der Waals surface area contributed by atoms with E-state index in [2.05, 4.69) is 11.8 Å². The number of nitro groups is 1. The largest absolute Gasteiger partial charge is 0.279 e. The van der Waals surface area contributed by atoms with E-state index in [-0.39, 0.29) is 11.5 Å². The topological polar surface area (TPSA) is 60.2 Å². The van der Waals surface area contributed by atoms with Crippen LogP contribution in [0.15, 0.2) is 53.4 Å². The lowest BCUT2D eigenvalue weighted by molar-refractivity contribution is -0.384. The van der Waals surface area contributed by atoms with Crippen molar-refractivity contribution in [2.45, 2.75) is 4.90 Å². The second-order valence-corrected chi connectivity index (χ2v) is 4.99. The molecule has 0 unspecified atom stereocenters. The average Bonchev–Trinajstić information content (AvgIpc) is 2.53. The highest BCUT2D eigenvalue weighted by Gasteiger charge is 2.07. The molecule has 2 aromatic rings. The van der Waals surface area contributed by atoms with Gasteiger partial charge in [0.1, 0.15) is 0 Å². The first-order valence-corrected chi connectivity index (χ1v) is 7.27. The van der Waals surface area contributed by atoms with Crippen LogP contribution in [0.25, 0.3) is 0 Å². The minimum atomic E-state index is -0.507. The molecule has 0 saturated carbocycles. The molecule has 0 atom stereocenters. The van der Waals surface area contributed by atoms with Crippen molar-refractivity contribution in [3.05, 3.63) is 69.8 Å². The fourth-order valence-corrected chi connectivity index (χ4v) is 2.02. The molecule has 2 aromatic carbocycles. The second-order valence-electron chi connectivity index (χ2n) is 4.11. The van der Waals surface area contributed by atoms with Crippen LogP contribution in [0.2, 0.25) is 0 Å². The van der Waals surface area contributed by atoms with E-state index in [4.69, 9.17) is 0 Å². The number of rotatable bonds is 3. The third-order valence-corrected chi connectivity index (χ3v) is 3.49. The van der Waals surface area contributed by atoms with Crippen LogP contribution in [-0.2, 0) is 0 Å². The van der Waals surface area contributed by atoms with Gasteiger partial charge in [0.25, 0.3) is 5.69 Å². The second kappa shape index (κ2) is 6.73. The average molecular weight is 297 g/mol. The van der Waals surface area contributed by atoms with Gasteiger partial charge in [-0.25, -0.2) is 0 Å². The number of thioether (sulfide) groups is 1. The summed E-state index contributed by atoms with van der Waals surface area (Å²) in [6.45, 7) is 0. The van der Waals surface area contributed by atoms with E-state index < -0.39 is 4.92 Å². The van der Waals surface area contributed by atoms with Crippen molar-refractivity contribution in [2.75, 3.05) is 6.26 Å². The Morgan fingerprint density at radius 3 is 2.24 bits per heavy atom. The van der Waals surface area contributed by atoms with E-state index in [1.54, 1.807) is 11.8 Å². The van der Waals surface area contributed by atoms with E-state index in [0.717, 1.165) is 10.5 Å². The number of carbonyl (C=O) groups is 1. The Hall–Kier alpha value is -2.58. The Balaban J connectivity index is 2.13. The Kier molecular flexibility index (Phi) is 4.75. The maximum Gasteiger partial charge on any atom is 0.269 e. The molecule has 104 valence electrons. The van der Waals surface area contributed by atoms with Gasteiger partial charge in [-0.1, -0.05) is 5.92 Å². The number of benzene rings is 2. The number of non-ortho nitro benzene ring substituents is 1. The highest BCUT2D eigenvalue weighted by Crippen LogP contribution is 2.14. The zero-order chi connectivity index (χ0) is 15.2. The first-order valence-electron chi connectivity index (χ1n) is 6.05. The van der Waals surface area contributed by atoms with Crippen LogP contribution in [0.3, 0.4) is 0 Å². The van der Waals surface area contributed by atoms with Crippen molar-refractivity contribution >= 4 is 23.2 Å². The minimum Gasteiger partial charge on any atom is -0.279 e. The van der Waals surface area contributed by atoms with Gasteiger partial charge in [-0.05, 0) is 48.6 Å². The van der Waals surface area contributed by atoms with Gasteiger partial charge in [0, 0.05) is 28.2 Å². The minimum absolute atomic E-state index is 0.0489. The number of carbonyl (C=O) groups excluding carboxylic acids is 1. The summed E-state index contributed by atoms with van der Waals surface area (Å²) in [5.41, 5.74) is 1.05. The van der Waals surface area contributed by atoms with Crippen LogP contribution in [0.1, 0.15) is 15.9 Å². The quantitative estimate of drug-likeness (QED) is 0.286. The van der Waals surface area contributed by atoms with Crippen LogP contribution in [0, 0.1) is 22.0 Å². The van der Waals surface area contributed by atoms with Gasteiger partial charge in [0.05, 0.1) is 4.92 Å². The van der Waals surface area contributed by atoms with E-state index in [1.807, 2.05) is 30.5 Å². The summed E-state index contributed by atoms with van der Waals surface area (Å²) >= 11 is 1.63. The van der Waals surface area contributed by atoms with Crippen LogP contribution < -0.4 is 0 Å². The van der Waals surface area contributed by atoms with Gasteiger partial charge in [-0.15, -0.1) is 11.8 Å². The molecule has 0 heterocycles. The molecule has 0 radical (unpaired) electrons. The first kappa shape index (κ1) is 14.8. The molecule has 4 nitrogen and oxygen atoms in total. The number of hydrogen-bond donors (Lipinski definition) is 0. The normalized spacial score (nSPS) is 9.57. The number of Topliss-reactive ketones (excluding diaryl/α,β-unsaturated/α-hetero) is 1. The molecule has 21 heavy (non-hydrogen) atoms. The SMILES string of the molecule is CSc1ccc(C#CC(=O)c2ccc([N+](=O)[O-])cc2)cc1. The van der Waals surface area contributed by atoms with Crippen molar-refractivity contribution in [3.63, 3.8) is 0 Å². The first-order chi connectivity index (χ1) is 10.1. The summed E-state index contributed by atoms with van der Waals surface area (Å²) in [6.07, 6.45) is 1.98. The molecule has 0 aromatic heterocycles. The van der Waals surface area contributed by atoms with Crippen LogP contribution >= 0.6 is 11.8 Å². The molecule has 0 amide bonds. The van der Waals surface area contributed by atoms with Crippen molar-refractivity contribution in [2.24, 2.45) is 0 Å². The van der Waals surface area contributed by atoms with Crippen molar-refractivity contribution in [1.82, 2.24) is 0 Å². The zero-order valence-electron chi connectivity index (χ0n) is 11.2. The highest BCUT2D eigenvalue weighted by atomic mass is 32.2. The standard InChI is InChI=1S/C16H11NO3S/c1-21-15-9-2-12(3-10-15)4-11-16(18)13-5-7-14(8-6-13)17(19)20/h2-3,5-10H,1H3. The fraction of sp³-hybridized carbons (Fsp3) is 0.0625. The van der Waals surface area contributed by atoms with E-state index in [0.29, 0.717) is 5.56 Å². The van der Waals surface area contributed by atoms with Gasteiger partial charge in [0.15, 0.2) is 0 Å². The lowest BCUT2D eigenvalue weighted by Gasteiger charge is -1.95. The van der Waals surface area contributed by atoms with Gasteiger partial charge in [-0.2, -0.15) is 0 Å². The maximum absolute atomic E-state index is 11.9. The van der Waals surface area contributed by atoms with Crippen LogP contribution in [-0.4, -0.2) is 17.0 Å². The molecular weight excluding hydrogens is 286 g/mol. The van der Waals surface area contributed by atoms with Gasteiger partial charge in [0.2, 0.25) is 5.78 Å². The summed E-state index contributed by atoms with van der Waals surface area (Å²) in [7, 11) is 0. The molecule has 5 heteroatoms. The smallest absolute Gasteiger partial charge is 0.269 e. The molecule has 0 N–H and O–H groups in total. The number of ketones is 1. The Morgan fingerprint density at radius 1 is 1.10 bits per heavy atom. The molecular formula is C16H11NO3S. The molecule has 0 bridgehead atoms. The Bertz CT molecular complexity index is 725. The third kappa shape index (κ3) is 3.94. The number of hydrogen-bond acceptors (Lipinski definition) is 4. The van der Waals surface area contributed by atoms with Crippen LogP contribution in [0.5, 0.6) is 0 Å². The Labute approximate surface area is 126 Å². The maximum atomic E-state index is 11.9. The van der Waals surface area contributed by atoms with E-state index in [9.17, 15) is 14.9 Å². The van der Waals surface area contributed by atoms with Crippen LogP contribution in [0.4, 0.5) is 5.69 Å². The number of nitrogens with zero attached hydrogens (tertiary/aromatic N) is 1. The summed E-state index contributed by atoms with van der Waals surface area (Å²) in [5, 5.41) is 10.5.